The summed E-state index contributed by atoms with van der Waals surface area (Å²) in [6.45, 7) is 3.12. The fourth-order valence-corrected chi connectivity index (χ4v) is 1.43. The first-order valence-corrected chi connectivity index (χ1v) is 6.32. The van der Waals surface area contributed by atoms with Crippen LogP contribution in [0.3, 0.4) is 0 Å². The van der Waals surface area contributed by atoms with Gasteiger partial charge in [-0.15, -0.1) is 0 Å². The molecule has 0 aromatic heterocycles. The lowest BCUT2D eigenvalue weighted by Gasteiger charge is -2.07. The van der Waals surface area contributed by atoms with Gasteiger partial charge in [-0.2, -0.15) is 0 Å². The van der Waals surface area contributed by atoms with Crippen molar-refractivity contribution in [3.63, 3.8) is 0 Å². The Kier molecular flexibility index (Phi) is 6.43. The average Bonchev–Trinajstić information content (AvgIpc) is 2.41. The van der Waals surface area contributed by atoms with E-state index in [1.54, 1.807) is 0 Å². The summed E-state index contributed by atoms with van der Waals surface area (Å²) in [6, 6.07) is 7.47. The van der Waals surface area contributed by atoms with Crippen molar-refractivity contribution >= 4 is 11.9 Å². The summed E-state index contributed by atoms with van der Waals surface area (Å²) < 4.78 is 5.45. The van der Waals surface area contributed by atoms with Crippen LogP contribution in [0.4, 0.5) is 0 Å². The Labute approximate surface area is 112 Å². The largest absolute Gasteiger partial charge is 0.494 e. The lowest BCUT2D eigenvalue weighted by atomic mass is 10.2. The van der Waals surface area contributed by atoms with E-state index in [4.69, 9.17) is 9.84 Å². The van der Waals surface area contributed by atoms with Gasteiger partial charge < -0.3 is 15.2 Å². The van der Waals surface area contributed by atoms with E-state index in [2.05, 4.69) is 5.32 Å². The number of aliphatic carboxylic acids is 1. The summed E-state index contributed by atoms with van der Waals surface area (Å²) >= 11 is 0. The number of ether oxygens (including phenoxy) is 1. The number of amides is 1. The monoisotopic (exact) mass is 265 g/mol. The van der Waals surface area contributed by atoms with Crippen molar-refractivity contribution in [2.75, 3.05) is 6.61 Å². The van der Waals surface area contributed by atoms with E-state index >= 15 is 0 Å². The third-order valence-corrected chi connectivity index (χ3v) is 2.45. The molecular weight excluding hydrogens is 246 g/mol. The lowest BCUT2D eigenvalue weighted by Crippen LogP contribution is -2.23. The molecule has 1 rings (SSSR count). The Morgan fingerprint density at radius 2 is 1.89 bits per heavy atom. The number of carbonyl (C=O) groups is 2. The highest BCUT2D eigenvalue weighted by atomic mass is 16.5. The molecule has 0 atom stereocenters. The van der Waals surface area contributed by atoms with Gasteiger partial charge in [-0.3, -0.25) is 9.59 Å². The molecule has 19 heavy (non-hydrogen) atoms. The van der Waals surface area contributed by atoms with E-state index in [1.807, 2.05) is 31.2 Å². The molecule has 1 aromatic rings. The van der Waals surface area contributed by atoms with E-state index in [1.165, 1.54) is 0 Å². The van der Waals surface area contributed by atoms with Gasteiger partial charge >= 0.3 is 5.97 Å². The van der Waals surface area contributed by atoms with Crippen LogP contribution in [-0.2, 0) is 16.1 Å². The molecule has 0 unspecified atom stereocenters. The van der Waals surface area contributed by atoms with Gasteiger partial charge in [0.05, 0.1) is 13.0 Å². The summed E-state index contributed by atoms with van der Waals surface area (Å²) in [4.78, 5) is 21.6. The maximum absolute atomic E-state index is 11.3. The van der Waals surface area contributed by atoms with Crippen molar-refractivity contribution in [2.24, 2.45) is 0 Å². The Morgan fingerprint density at radius 1 is 1.21 bits per heavy atom. The van der Waals surface area contributed by atoms with Crippen LogP contribution >= 0.6 is 0 Å². The fourth-order valence-electron chi connectivity index (χ4n) is 1.43. The number of carboxylic acid groups (broad SMARTS) is 1. The predicted molar refractivity (Wildman–Crippen MR) is 70.9 cm³/mol. The van der Waals surface area contributed by atoms with Crippen LogP contribution in [-0.4, -0.2) is 23.6 Å². The van der Waals surface area contributed by atoms with Crippen LogP contribution in [0.5, 0.6) is 5.75 Å². The molecule has 0 aliphatic carbocycles. The predicted octanol–water partition coefficient (Wildman–Crippen LogP) is 1.96. The molecule has 0 heterocycles. The molecule has 104 valence electrons. The van der Waals surface area contributed by atoms with E-state index < -0.39 is 5.97 Å². The molecule has 1 aromatic carbocycles. The van der Waals surface area contributed by atoms with Crippen LogP contribution in [0, 0.1) is 0 Å². The molecule has 0 aliphatic heterocycles. The molecule has 0 spiro atoms. The quantitative estimate of drug-likeness (QED) is 0.753. The number of nitrogens with one attached hydrogen (secondary N) is 1. The zero-order chi connectivity index (χ0) is 14.1. The van der Waals surface area contributed by atoms with Crippen molar-refractivity contribution in [3.8, 4) is 5.75 Å². The van der Waals surface area contributed by atoms with Crippen LogP contribution in [0.15, 0.2) is 24.3 Å². The Bertz CT molecular complexity index is 414. The van der Waals surface area contributed by atoms with Crippen LogP contribution in [0.1, 0.15) is 31.7 Å². The molecule has 5 heteroatoms. The second kappa shape index (κ2) is 8.13. The molecule has 0 bridgehead atoms. The molecule has 0 saturated carbocycles. The van der Waals surface area contributed by atoms with Gasteiger partial charge in [-0.05, 0) is 24.1 Å². The molecule has 5 nitrogen and oxygen atoms in total. The van der Waals surface area contributed by atoms with Crippen molar-refractivity contribution in [1.29, 1.82) is 0 Å². The van der Waals surface area contributed by atoms with Gasteiger partial charge in [-0.1, -0.05) is 19.1 Å². The minimum Gasteiger partial charge on any atom is -0.494 e. The van der Waals surface area contributed by atoms with Crippen molar-refractivity contribution in [2.45, 2.75) is 32.7 Å². The molecule has 0 saturated heterocycles. The highest BCUT2D eigenvalue weighted by molar-refractivity contribution is 5.80. The number of carboxylic acids is 1. The van der Waals surface area contributed by atoms with Crippen molar-refractivity contribution in [1.82, 2.24) is 5.32 Å². The van der Waals surface area contributed by atoms with Gasteiger partial charge in [0.1, 0.15) is 5.75 Å². The SMILES string of the molecule is CCCOc1ccc(CNC(=O)CCC(=O)O)cc1. The van der Waals surface area contributed by atoms with Gasteiger partial charge in [-0.25, -0.2) is 0 Å². The first-order chi connectivity index (χ1) is 9.11. The number of hydrogen-bond donors (Lipinski definition) is 2. The summed E-state index contributed by atoms with van der Waals surface area (Å²) in [5.74, 6) is -0.413. The minimum atomic E-state index is -0.965. The summed E-state index contributed by atoms with van der Waals surface area (Å²) in [5, 5.41) is 11.1. The zero-order valence-corrected chi connectivity index (χ0v) is 11.0. The standard InChI is InChI=1S/C14H19NO4/c1-2-9-19-12-5-3-11(4-6-12)10-15-13(16)7-8-14(17)18/h3-6H,2,7-10H2,1H3,(H,15,16)(H,17,18). The van der Waals surface area contributed by atoms with Crippen molar-refractivity contribution in [3.05, 3.63) is 29.8 Å². The molecule has 0 radical (unpaired) electrons. The summed E-state index contributed by atoms with van der Waals surface area (Å²) in [6.07, 6.45) is 0.823. The topological polar surface area (TPSA) is 75.6 Å². The van der Waals surface area contributed by atoms with Crippen LogP contribution < -0.4 is 10.1 Å². The van der Waals surface area contributed by atoms with Gasteiger partial charge in [0.2, 0.25) is 5.91 Å². The summed E-state index contributed by atoms with van der Waals surface area (Å²) in [7, 11) is 0. The van der Waals surface area contributed by atoms with E-state index in [0.29, 0.717) is 13.2 Å². The third kappa shape index (κ3) is 6.45. The van der Waals surface area contributed by atoms with Gasteiger partial charge in [0, 0.05) is 13.0 Å². The molecule has 0 fully saturated rings. The van der Waals surface area contributed by atoms with E-state index in [9.17, 15) is 9.59 Å². The average molecular weight is 265 g/mol. The van der Waals surface area contributed by atoms with Gasteiger partial charge in [0.25, 0.3) is 0 Å². The maximum Gasteiger partial charge on any atom is 0.303 e. The Morgan fingerprint density at radius 3 is 2.47 bits per heavy atom. The smallest absolute Gasteiger partial charge is 0.303 e. The Balaban J connectivity index is 2.33. The zero-order valence-electron chi connectivity index (χ0n) is 11.0. The molecular formula is C14H19NO4. The van der Waals surface area contributed by atoms with Crippen LogP contribution in [0.2, 0.25) is 0 Å². The van der Waals surface area contributed by atoms with Crippen LogP contribution in [0.25, 0.3) is 0 Å². The second-order valence-corrected chi connectivity index (χ2v) is 4.16. The molecule has 0 aliphatic rings. The Hall–Kier alpha value is -2.04. The number of hydrogen-bond acceptors (Lipinski definition) is 3. The highest BCUT2D eigenvalue weighted by Crippen LogP contribution is 2.12. The van der Waals surface area contributed by atoms with Gasteiger partial charge in [0.15, 0.2) is 0 Å². The fraction of sp³-hybridized carbons (Fsp3) is 0.429. The van der Waals surface area contributed by atoms with E-state index in [0.717, 1.165) is 17.7 Å². The summed E-state index contributed by atoms with van der Waals surface area (Å²) in [5.41, 5.74) is 0.951. The number of benzene rings is 1. The van der Waals surface area contributed by atoms with E-state index in [-0.39, 0.29) is 18.7 Å². The first-order valence-electron chi connectivity index (χ1n) is 6.32. The molecule has 2 N–H and O–H groups in total. The van der Waals surface area contributed by atoms with Crippen molar-refractivity contribution < 1.29 is 19.4 Å². The highest BCUT2D eigenvalue weighted by Gasteiger charge is 2.04. The molecule has 1 amide bonds. The minimum absolute atomic E-state index is 0.00697. The number of rotatable bonds is 8. The first kappa shape index (κ1) is 15.0. The maximum atomic E-state index is 11.3. The second-order valence-electron chi connectivity index (χ2n) is 4.16. The third-order valence-electron chi connectivity index (χ3n) is 2.45. The number of carbonyl (C=O) groups excluding carboxylic acids is 1. The normalized spacial score (nSPS) is 9.95. The lowest BCUT2D eigenvalue weighted by molar-refractivity contribution is -0.138.